The second-order valence-electron chi connectivity index (χ2n) is 11.4. The van der Waals surface area contributed by atoms with Crippen LogP contribution >= 0.6 is 0 Å². The van der Waals surface area contributed by atoms with Gasteiger partial charge in [-0.1, -0.05) is 27.7 Å². The lowest BCUT2D eigenvalue weighted by molar-refractivity contribution is -0.223. The van der Waals surface area contributed by atoms with E-state index in [9.17, 15) is 24.9 Å². The van der Waals surface area contributed by atoms with E-state index in [-0.39, 0.29) is 34.9 Å². The van der Waals surface area contributed by atoms with E-state index in [1.165, 1.54) is 0 Å². The molecule has 5 aliphatic rings. The van der Waals surface area contributed by atoms with Gasteiger partial charge in [0.05, 0.1) is 5.60 Å². The molecular formula is C23H34O5. The quantitative estimate of drug-likeness (QED) is 0.640. The van der Waals surface area contributed by atoms with Gasteiger partial charge in [-0.15, -0.1) is 0 Å². The second kappa shape index (κ2) is 5.21. The van der Waals surface area contributed by atoms with Gasteiger partial charge >= 0.3 is 5.97 Å². The fraction of sp³-hybridized carbons (Fsp3) is 0.913. The minimum Gasteiger partial charge on any atom is -0.479 e. The largest absolute Gasteiger partial charge is 0.479 e. The molecule has 0 spiro atoms. The lowest BCUT2D eigenvalue weighted by atomic mass is 9.42. The average molecular weight is 391 g/mol. The molecule has 28 heavy (non-hydrogen) atoms. The highest BCUT2D eigenvalue weighted by atomic mass is 16.4. The van der Waals surface area contributed by atoms with E-state index in [4.69, 9.17) is 0 Å². The number of ketones is 1. The maximum Gasteiger partial charge on any atom is 0.336 e. The predicted molar refractivity (Wildman–Crippen MR) is 102 cm³/mol. The molecule has 0 radical (unpaired) electrons. The Morgan fingerprint density at radius 3 is 2.39 bits per heavy atom. The molecular weight excluding hydrogens is 356 g/mol. The number of aliphatic carboxylic acids is 1. The molecule has 0 aromatic rings. The average Bonchev–Trinajstić information content (AvgIpc) is 3.40. The van der Waals surface area contributed by atoms with Crippen LogP contribution in [0.25, 0.3) is 0 Å². The van der Waals surface area contributed by atoms with Crippen molar-refractivity contribution in [3.63, 3.8) is 0 Å². The van der Waals surface area contributed by atoms with Crippen LogP contribution in [0, 0.1) is 52.3 Å². The van der Waals surface area contributed by atoms with Crippen LogP contribution in [0.15, 0.2) is 0 Å². The normalized spacial score (nSPS) is 62.4. The molecule has 5 nitrogen and oxygen atoms in total. The molecule has 0 amide bonds. The molecule has 5 saturated carbocycles. The fourth-order valence-electron chi connectivity index (χ4n) is 9.28. The molecule has 0 heterocycles. The van der Waals surface area contributed by atoms with Crippen molar-refractivity contribution in [1.82, 2.24) is 0 Å². The van der Waals surface area contributed by atoms with Gasteiger partial charge in [-0.3, -0.25) is 4.79 Å². The van der Waals surface area contributed by atoms with Crippen LogP contribution in [0.4, 0.5) is 0 Å². The van der Waals surface area contributed by atoms with E-state index in [2.05, 4.69) is 13.8 Å². The number of rotatable bonds is 1. The maximum absolute atomic E-state index is 12.2. The highest BCUT2D eigenvalue weighted by Gasteiger charge is 2.78. The number of Topliss-reactive ketones (excluding diaryl/α,β-unsaturated/α-hetero) is 1. The van der Waals surface area contributed by atoms with Crippen molar-refractivity contribution in [2.75, 3.05) is 0 Å². The first kappa shape index (κ1) is 19.0. The van der Waals surface area contributed by atoms with Crippen molar-refractivity contribution >= 4 is 11.8 Å². The lowest BCUT2D eigenvalue weighted by Gasteiger charge is -2.63. The number of hydrogen-bond acceptors (Lipinski definition) is 4. The molecule has 3 N–H and O–H groups in total. The second-order valence-corrected chi connectivity index (χ2v) is 11.4. The molecule has 11 atom stereocenters. The number of carbonyl (C=O) groups is 2. The Morgan fingerprint density at radius 1 is 1.07 bits per heavy atom. The van der Waals surface area contributed by atoms with Gasteiger partial charge in [0.25, 0.3) is 0 Å². The fourth-order valence-corrected chi connectivity index (χ4v) is 9.28. The zero-order valence-corrected chi connectivity index (χ0v) is 17.4. The monoisotopic (exact) mass is 390 g/mol. The van der Waals surface area contributed by atoms with Crippen molar-refractivity contribution in [2.24, 2.45) is 52.3 Å². The van der Waals surface area contributed by atoms with Gasteiger partial charge in [-0.25, -0.2) is 4.79 Å². The lowest BCUT2D eigenvalue weighted by Crippen LogP contribution is -2.65. The third kappa shape index (κ3) is 1.79. The molecule has 0 bridgehead atoms. The number of fused-ring (bicyclic) bond motifs is 8. The standard InChI is InChI=1S/C23H34O5/c1-11-12(2)23(28,19(25)26)21(4)8-6-15-17(18(11)21)14-9-16(14)22(27)10-13(24)5-7-20(15,22)3/h11-12,14-18,27-28H,5-10H2,1-4H3,(H,25,26)/t11-,12?,14?,15?,16?,17?,18?,20-,21+,22-,23-/m1/s1. The van der Waals surface area contributed by atoms with Crippen LogP contribution < -0.4 is 0 Å². The van der Waals surface area contributed by atoms with Crippen LogP contribution in [0.2, 0.25) is 0 Å². The Balaban J connectivity index is 1.61. The van der Waals surface area contributed by atoms with E-state index >= 15 is 0 Å². The molecule has 0 aromatic carbocycles. The molecule has 0 aromatic heterocycles. The predicted octanol–water partition coefficient (Wildman–Crippen LogP) is 2.88. The summed E-state index contributed by atoms with van der Waals surface area (Å²) in [5, 5.41) is 33.2. The number of hydrogen-bond donors (Lipinski definition) is 3. The van der Waals surface area contributed by atoms with Gasteiger partial charge in [0.1, 0.15) is 5.78 Å². The van der Waals surface area contributed by atoms with Gasteiger partial charge in [0, 0.05) is 23.7 Å². The van der Waals surface area contributed by atoms with E-state index in [1.54, 1.807) is 0 Å². The van der Waals surface area contributed by atoms with Crippen molar-refractivity contribution < 1.29 is 24.9 Å². The molecule has 5 fully saturated rings. The zero-order chi connectivity index (χ0) is 20.4. The summed E-state index contributed by atoms with van der Waals surface area (Å²) in [5.74, 6) is 0.258. The molecule has 0 aliphatic heterocycles. The topological polar surface area (TPSA) is 94.8 Å². The summed E-state index contributed by atoms with van der Waals surface area (Å²) in [5.41, 5.74) is -3.50. The first-order chi connectivity index (χ1) is 12.9. The van der Waals surface area contributed by atoms with E-state index in [0.29, 0.717) is 37.0 Å². The van der Waals surface area contributed by atoms with Crippen LogP contribution in [0.3, 0.4) is 0 Å². The van der Waals surface area contributed by atoms with Crippen molar-refractivity contribution in [3.8, 4) is 0 Å². The van der Waals surface area contributed by atoms with Gasteiger partial charge in [-0.05, 0) is 67.1 Å². The zero-order valence-electron chi connectivity index (χ0n) is 17.4. The molecule has 156 valence electrons. The Morgan fingerprint density at radius 2 is 1.75 bits per heavy atom. The Kier molecular flexibility index (Phi) is 3.54. The molecule has 5 rings (SSSR count). The summed E-state index contributed by atoms with van der Waals surface area (Å²) in [6.07, 6.45) is 4.03. The minimum absolute atomic E-state index is 0.125. The smallest absolute Gasteiger partial charge is 0.336 e. The van der Waals surface area contributed by atoms with Crippen LogP contribution in [0.1, 0.15) is 66.2 Å². The first-order valence-corrected chi connectivity index (χ1v) is 11.1. The van der Waals surface area contributed by atoms with Gasteiger partial charge in [0.15, 0.2) is 5.60 Å². The summed E-state index contributed by atoms with van der Waals surface area (Å²) in [7, 11) is 0. The third-order valence-corrected chi connectivity index (χ3v) is 10.9. The van der Waals surface area contributed by atoms with Crippen LogP contribution in [-0.2, 0) is 9.59 Å². The highest BCUT2D eigenvalue weighted by Crippen LogP contribution is 2.77. The van der Waals surface area contributed by atoms with E-state index < -0.39 is 22.6 Å². The Labute approximate surface area is 166 Å². The molecule has 5 heteroatoms. The molecule has 0 saturated heterocycles. The number of carboxylic acid groups (broad SMARTS) is 1. The summed E-state index contributed by atoms with van der Waals surface area (Å²) in [6, 6.07) is 0. The summed E-state index contributed by atoms with van der Waals surface area (Å²) >= 11 is 0. The van der Waals surface area contributed by atoms with Crippen LogP contribution in [0.5, 0.6) is 0 Å². The Hall–Kier alpha value is -0.940. The number of carbonyl (C=O) groups excluding carboxylic acids is 1. The van der Waals surface area contributed by atoms with Crippen molar-refractivity contribution in [1.29, 1.82) is 0 Å². The van der Waals surface area contributed by atoms with Crippen LogP contribution in [-0.4, -0.2) is 38.3 Å². The van der Waals surface area contributed by atoms with E-state index in [1.807, 2.05) is 13.8 Å². The third-order valence-electron chi connectivity index (χ3n) is 10.9. The Bertz CT molecular complexity index is 764. The maximum atomic E-state index is 12.2. The highest BCUT2D eigenvalue weighted by molar-refractivity contribution is 5.81. The van der Waals surface area contributed by atoms with Gasteiger partial charge in [-0.2, -0.15) is 0 Å². The van der Waals surface area contributed by atoms with E-state index in [0.717, 1.165) is 19.3 Å². The van der Waals surface area contributed by atoms with Gasteiger partial charge < -0.3 is 15.3 Å². The van der Waals surface area contributed by atoms with Gasteiger partial charge in [0.2, 0.25) is 0 Å². The first-order valence-electron chi connectivity index (χ1n) is 11.1. The van der Waals surface area contributed by atoms with Crippen molar-refractivity contribution in [2.45, 2.75) is 77.4 Å². The summed E-state index contributed by atoms with van der Waals surface area (Å²) in [6.45, 7) is 8.23. The summed E-state index contributed by atoms with van der Waals surface area (Å²) in [4.78, 5) is 24.5. The minimum atomic E-state index is -1.69. The SMILES string of the molecule is CC1[C@@H](C)C2C3C4CC4[C@]4(O)CC(=O)CC[C@]4(C)C3CC[C@]2(C)[C@]1(O)C(=O)O. The molecule has 6 unspecified atom stereocenters. The van der Waals surface area contributed by atoms with Crippen molar-refractivity contribution in [3.05, 3.63) is 0 Å². The number of carboxylic acids is 1. The summed E-state index contributed by atoms with van der Waals surface area (Å²) < 4.78 is 0. The molecule has 5 aliphatic carbocycles. The number of aliphatic hydroxyl groups is 2.